The van der Waals surface area contributed by atoms with Gasteiger partial charge in [-0.3, -0.25) is 14.9 Å². The first kappa shape index (κ1) is 10.8. The molecule has 8 heteroatoms. The van der Waals surface area contributed by atoms with Gasteiger partial charge in [0.05, 0.1) is 4.92 Å². The van der Waals surface area contributed by atoms with Gasteiger partial charge >= 0.3 is 5.69 Å². The average molecular weight is 211 g/mol. The fraction of sp³-hybridized carbons (Fsp3) is 0.286. The zero-order valence-corrected chi connectivity index (χ0v) is 7.88. The third-order valence-electron chi connectivity index (χ3n) is 1.62. The molecule has 0 fully saturated rings. The molecule has 0 saturated carbocycles. The molecule has 1 aromatic rings. The molecule has 1 atom stereocenters. The van der Waals surface area contributed by atoms with E-state index < -0.39 is 16.9 Å². The summed E-state index contributed by atoms with van der Waals surface area (Å²) in [4.78, 5) is 27.6. The van der Waals surface area contributed by atoms with Crippen molar-refractivity contribution >= 4 is 17.5 Å². The lowest BCUT2D eigenvalue weighted by Crippen LogP contribution is -2.33. The lowest BCUT2D eigenvalue weighted by molar-refractivity contribution is -0.385. The first-order chi connectivity index (χ1) is 7.00. The van der Waals surface area contributed by atoms with Crippen molar-refractivity contribution in [3.63, 3.8) is 0 Å². The van der Waals surface area contributed by atoms with Gasteiger partial charge in [-0.25, -0.2) is 9.97 Å². The molecule has 0 bridgehead atoms. The van der Waals surface area contributed by atoms with Crippen molar-refractivity contribution in [2.75, 3.05) is 5.32 Å². The van der Waals surface area contributed by atoms with Crippen molar-refractivity contribution in [3.8, 4) is 0 Å². The Hall–Kier alpha value is -2.25. The number of nitro groups is 1. The standard InChI is InChI=1S/C7H9N5O3/c1-4(6(8)13)11-7-9-2-5(3-10-7)12(14)15/h2-4H,1H3,(H2,8,13)(H,9,10,11). The molecule has 3 N–H and O–H groups in total. The molecule has 0 aliphatic heterocycles. The number of amides is 1. The molecular weight excluding hydrogens is 202 g/mol. The van der Waals surface area contributed by atoms with Gasteiger partial charge in [-0.1, -0.05) is 0 Å². The number of hydrogen-bond acceptors (Lipinski definition) is 6. The van der Waals surface area contributed by atoms with Crippen LogP contribution in [0.25, 0.3) is 0 Å². The Morgan fingerprint density at radius 2 is 2.13 bits per heavy atom. The summed E-state index contributed by atoms with van der Waals surface area (Å²) >= 11 is 0. The lowest BCUT2D eigenvalue weighted by atomic mass is 10.3. The van der Waals surface area contributed by atoms with Crippen LogP contribution in [-0.2, 0) is 4.79 Å². The molecule has 8 nitrogen and oxygen atoms in total. The number of anilines is 1. The highest BCUT2D eigenvalue weighted by Crippen LogP contribution is 2.08. The Morgan fingerprint density at radius 3 is 2.53 bits per heavy atom. The van der Waals surface area contributed by atoms with E-state index in [0.29, 0.717) is 0 Å². The van der Waals surface area contributed by atoms with E-state index in [0.717, 1.165) is 12.4 Å². The molecule has 0 radical (unpaired) electrons. The topological polar surface area (TPSA) is 124 Å². The van der Waals surface area contributed by atoms with Crippen LogP contribution in [0.2, 0.25) is 0 Å². The molecular formula is C7H9N5O3. The van der Waals surface area contributed by atoms with Gasteiger partial charge in [-0.15, -0.1) is 0 Å². The zero-order chi connectivity index (χ0) is 11.4. The maximum Gasteiger partial charge on any atom is 0.305 e. The summed E-state index contributed by atoms with van der Waals surface area (Å²) in [6, 6.07) is -0.633. The second-order valence-corrected chi connectivity index (χ2v) is 2.79. The third-order valence-corrected chi connectivity index (χ3v) is 1.62. The summed E-state index contributed by atoms with van der Waals surface area (Å²) in [5.74, 6) is -0.441. The van der Waals surface area contributed by atoms with E-state index in [-0.39, 0.29) is 11.6 Å². The molecule has 0 spiro atoms. The molecule has 80 valence electrons. The van der Waals surface area contributed by atoms with Gasteiger partial charge in [0.25, 0.3) is 0 Å². The van der Waals surface area contributed by atoms with E-state index in [9.17, 15) is 14.9 Å². The molecule has 1 rings (SSSR count). The average Bonchev–Trinajstić information content (AvgIpc) is 2.18. The summed E-state index contributed by atoms with van der Waals surface area (Å²) in [6.07, 6.45) is 2.09. The number of nitrogens with zero attached hydrogens (tertiary/aromatic N) is 3. The van der Waals surface area contributed by atoms with Crippen LogP contribution in [0.15, 0.2) is 12.4 Å². The van der Waals surface area contributed by atoms with Gasteiger partial charge < -0.3 is 11.1 Å². The monoisotopic (exact) mass is 211 g/mol. The van der Waals surface area contributed by atoms with Gasteiger partial charge in [0.15, 0.2) is 0 Å². The van der Waals surface area contributed by atoms with Gasteiger partial charge in [0.2, 0.25) is 11.9 Å². The summed E-state index contributed by atoms with van der Waals surface area (Å²) in [6.45, 7) is 1.53. The fourth-order valence-electron chi connectivity index (χ4n) is 0.755. The minimum absolute atomic E-state index is 0.118. The van der Waals surface area contributed by atoms with E-state index >= 15 is 0 Å². The number of nitrogens with two attached hydrogens (primary N) is 1. The lowest BCUT2D eigenvalue weighted by Gasteiger charge is -2.08. The van der Waals surface area contributed by atoms with Crippen LogP contribution in [0.5, 0.6) is 0 Å². The Balaban J connectivity index is 2.72. The quantitative estimate of drug-likeness (QED) is 0.519. The fourth-order valence-corrected chi connectivity index (χ4v) is 0.755. The summed E-state index contributed by atoms with van der Waals surface area (Å²) in [7, 11) is 0. The summed E-state index contributed by atoms with van der Waals surface area (Å²) in [5, 5.41) is 12.9. The largest absolute Gasteiger partial charge is 0.368 e. The Kier molecular flexibility index (Phi) is 3.11. The number of hydrogen-bond donors (Lipinski definition) is 2. The highest BCUT2D eigenvalue weighted by atomic mass is 16.6. The van der Waals surface area contributed by atoms with Crippen molar-refractivity contribution < 1.29 is 9.72 Å². The van der Waals surface area contributed by atoms with Crippen LogP contribution in [0.1, 0.15) is 6.92 Å². The first-order valence-electron chi connectivity index (χ1n) is 4.03. The first-order valence-corrected chi connectivity index (χ1v) is 4.03. The van der Waals surface area contributed by atoms with Crippen LogP contribution < -0.4 is 11.1 Å². The number of aromatic nitrogens is 2. The second kappa shape index (κ2) is 4.31. The molecule has 0 aliphatic rings. The summed E-state index contributed by atoms with van der Waals surface area (Å²) in [5.41, 5.74) is 4.78. The van der Waals surface area contributed by atoms with Crippen LogP contribution >= 0.6 is 0 Å². The minimum Gasteiger partial charge on any atom is -0.368 e. The van der Waals surface area contributed by atoms with Gasteiger partial charge in [0, 0.05) is 0 Å². The van der Waals surface area contributed by atoms with E-state index in [1.54, 1.807) is 0 Å². The molecule has 0 aliphatic carbocycles. The van der Waals surface area contributed by atoms with Crippen LogP contribution in [0, 0.1) is 10.1 Å². The van der Waals surface area contributed by atoms with Crippen molar-refractivity contribution in [3.05, 3.63) is 22.5 Å². The van der Waals surface area contributed by atoms with Crippen LogP contribution in [-0.4, -0.2) is 26.8 Å². The van der Waals surface area contributed by atoms with E-state index in [2.05, 4.69) is 15.3 Å². The van der Waals surface area contributed by atoms with Crippen molar-refractivity contribution in [2.45, 2.75) is 13.0 Å². The SMILES string of the molecule is CC(Nc1ncc([N+](=O)[O-])cn1)C(N)=O. The number of rotatable bonds is 4. The molecule has 1 heterocycles. The number of primary amides is 1. The smallest absolute Gasteiger partial charge is 0.305 e. The highest BCUT2D eigenvalue weighted by molar-refractivity contribution is 5.81. The van der Waals surface area contributed by atoms with Crippen LogP contribution in [0.3, 0.4) is 0 Å². The normalized spacial score (nSPS) is 11.8. The highest BCUT2D eigenvalue weighted by Gasteiger charge is 2.11. The van der Waals surface area contributed by atoms with Gasteiger partial charge in [-0.05, 0) is 6.92 Å². The maximum absolute atomic E-state index is 10.7. The van der Waals surface area contributed by atoms with Crippen molar-refractivity contribution in [1.29, 1.82) is 0 Å². The van der Waals surface area contributed by atoms with E-state index in [1.807, 2.05) is 0 Å². The minimum atomic E-state index is -0.633. The number of carbonyl (C=O) groups is 1. The molecule has 1 amide bonds. The van der Waals surface area contributed by atoms with Crippen molar-refractivity contribution in [1.82, 2.24) is 9.97 Å². The van der Waals surface area contributed by atoms with E-state index in [4.69, 9.17) is 5.73 Å². The predicted molar refractivity (Wildman–Crippen MR) is 51.0 cm³/mol. The molecule has 0 saturated heterocycles. The molecule has 1 aromatic heterocycles. The second-order valence-electron chi connectivity index (χ2n) is 2.79. The Bertz CT molecular complexity index is 377. The predicted octanol–water partition coefficient (Wildman–Crippen LogP) is -0.330. The van der Waals surface area contributed by atoms with Gasteiger partial charge in [0.1, 0.15) is 18.4 Å². The number of carbonyl (C=O) groups excluding carboxylic acids is 1. The Morgan fingerprint density at radius 1 is 1.60 bits per heavy atom. The number of nitrogens with one attached hydrogen (secondary N) is 1. The van der Waals surface area contributed by atoms with Gasteiger partial charge in [-0.2, -0.15) is 0 Å². The maximum atomic E-state index is 10.7. The molecule has 15 heavy (non-hydrogen) atoms. The van der Waals surface area contributed by atoms with Crippen molar-refractivity contribution in [2.24, 2.45) is 5.73 Å². The molecule has 1 unspecified atom stereocenters. The molecule has 0 aromatic carbocycles. The third kappa shape index (κ3) is 2.86. The summed E-state index contributed by atoms with van der Waals surface area (Å²) < 4.78 is 0. The zero-order valence-electron chi connectivity index (χ0n) is 7.88. The Labute approximate surface area is 84.7 Å². The van der Waals surface area contributed by atoms with Crippen LogP contribution in [0.4, 0.5) is 11.6 Å². The van der Waals surface area contributed by atoms with E-state index in [1.165, 1.54) is 6.92 Å².